The van der Waals surface area contributed by atoms with Crippen molar-refractivity contribution in [1.29, 1.82) is 0 Å². The minimum Gasteiger partial charge on any atom is -0.497 e. The van der Waals surface area contributed by atoms with Gasteiger partial charge in [-0.05, 0) is 42.8 Å². The number of aromatic nitrogens is 2. The average Bonchev–Trinajstić information content (AvgIpc) is 2.81. The third-order valence-electron chi connectivity index (χ3n) is 5.54. The number of aryl methyl sites for hydroxylation is 1. The van der Waals surface area contributed by atoms with Gasteiger partial charge in [0, 0.05) is 45.0 Å². The number of anilines is 3. The first-order valence-corrected chi connectivity index (χ1v) is 10.3. The molecule has 30 heavy (non-hydrogen) atoms. The van der Waals surface area contributed by atoms with Crippen LogP contribution in [0.3, 0.4) is 0 Å². The molecule has 1 aromatic carbocycles. The molecule has 9 heteroatoms. The van der Waals surface area contributed by atoms with Crippen LogP contribution in [0.15, 0.2) is 30.3 Å². The smallest absolute Gasteiger partial charge is 0.321 e. The molecule has 2 fully saturated rings. The molecule has 4 rings (SSSR count). The van der Waals surface area contributed by atoms with Gasteiger partial charge >= 0.3 is 6.03 Å². The summed E-state index contributed by atoms with van der Waals surface area (Å²) in [7, 11) is 1.63. The summed E-state index contributed by atoms with van der Waals surface area (Å²) in [5.74, 6) is 2.51. The van der Waals surface area contributed by atoms with Gasteiger partial charge in [-0.1, -0.05) is 0 Å². The lowest BCUT2D eigenvalue weighted by Gasteiger charge is -2.35. The zero-order chi connectivity index (χ0) is 20.9. The van der Waals surface area contributed by atoms with Gasteiger partial charge in [0.05, 0.1) is 20.3 Å². The van der Waals surface area contributed by atoms with Crippen LogP contribution in [0, 0.1) is 6.92 Å². The third kappa shape index (κ3) is 4.56. The Morgan fingerprint density at radius 2 is 1.60 bits per heavy atom. The fourth-order valence-electron chi connectivity index (χ4n) is 3.68. The van der Waals surface area contributed by atoms with Crippen molar-refractivity contribution in [3.05, 3.63) is 35.9 Å². The summed E-state index contributed by atoms with van der Waals surface area (Å²) < 4.78 is 10.6. The Hall–Kier alpha value is -3.07. The molecule has 0 radical (unpaired) electrons. The molecule has 0 bridgehead atoms. The van der Waals surface area contributed by atoms with Gasteiger partial charge in [0.2, 0.25) is 0 Å². The number of urea groups is 1. The van der Waals surface area contributed by atoms with Crippen LogP contribution in [-0.2, 0) is 4.74 Å². The topological polar surface area (TPSA) is 83.1 Å². The standard InChI is InChI=1S/C21H28N6O3/c1-16-15-17(29-2)3-4-18(16)22-21(28)27-9-7-25(8-10-27)19-5-6-20(24-23-19)26-11-13-30-14-12-26/h3-6,15H,7-14H2,1-2H3,(H,22,28). The summed E-state index contributed by atoms with van der Waals surface area (Å²) in [5, 5.41) is 11.8. The van der Waals surface area contributed by atoms with E-state index in [0.717, 1.165) is 68.0 Å². The molecule has 3 heterocycles. The first-order chi connectivity index (χ1) is 14.6. The number of rotatable bonds is 4. The summed E-state index contributed by atoms with van der Waals surface area (Å²) in [6, 6.07) is 9.56. The van der Waals surface area contributed by atoms with Crippen LogP contribution in [0.4, 0.5) is 22.1 Å². The van der Waals surface area contributed by atoms with Crippen molar-refractivity contribution in [2.24, 2.45) is 0 Å². The zero-order valence-corrected chi connectivity index (χ0v) is 17.5. The fourth-order valence-corrected chi connectivity index (χ4v) is 3.68. The van der Waals surface area contributed by atoms with Crippen molar-refractivity contribution in [2.45, 2.75) is 6.92 Å². The van der Waals surface area contributed by atoms with Crippen molar-refractivity contribution in [2.75, 3.05) is 74.7 Å². The maximum absolute atomic E-state index is 12.7. The summed E-state index contributed by atoms with van der Waals surface area (Å²) in [6.45, 7) is 7.80. The summed E-state index contributed by atoms with van der Waals surface area (Å²) in [4.78, 5) is 18.8. The lowest BCUT2D eigenvalue weighted by Crippen LogP contribution is -2.50. The Morgan fingerprint density at radius 3 is 2.17 bits per heavy atom. The SMILES string of the molecule is COc1ccc(NC(=O)N2CCN(c3ccc(N4CCOCC4)nn3)CC2)c(C)c1. The lowest BCUT2D eigenvalue weighted by molar-refractivity contribution is 0.122. The molecule has 2 aliphatic rings. The van der Waals surface area contributed by atoms with Gasteiger partial charge in [0.25, 0.3) is 0 Å². The largest absolute Gasteiger partial charge is 0.497 e. The van der Waals surface area contributed by atoms with Crippen LogP contribution in [0.2, 0.25) is 0 Å². The molecule has 9 nitrogen and oxygen atoms in total. The molecule has 160 valence electrons. The summed E-state index contributed by atoms with van der Waals surface area (Å²) >= 11 is 0. The second kappa shape index (κ2) is 9.17. The zero-order valence-electron chi connectivity index (χ0n) is 17.5. The number of ether oxygens (including phenoxy) is 2. The van der Waals surface area contributed by atoms with Crippen molar-refractivity contribution in [3.63, 3.8) is 0 Å². The molecular formula is C21H28N6O3. The number of nitrogens with zero attached hydrogens (tertiary/aromatic N) is 5. The molecule has 0 saturated carbocycles. The van der Waals surface area contributed by atoms with Crippen LogP contribution in [0.5, 0.6) is 5.75 Å². The first-order valence-electron chi connectivity index (χ1n) is 10.3. The number of nitrogens with one attached hydrogen (secondary N) is 1. The Bertz CT molecular complexity index is 862. The highest BCUT2D eigenvalue weighted by atomic mass is 16.5. The van der Waals surface area contributed by atoms with Gasteiger partial charge < -0.3 is 29.5 Å². The number of hydrogen-bond donors (Lipinski definition) is 1. The van der Waals surface area contributed by atoms with Crippen LogP contribution < -0.4 is 19.9 Å². The number of carbonyl (C=O) groups excluding carboxylic acids is 1. The van der Waals surface area contributed by atoms with Crippen LogP contribution in [0.1, 0.15) is 5.56 Å². The van der Waals surface area contributed by atoms with E-state index in [-0.39, 0.29) is 6.03 Å². The van der Waals surface area contributed by atoms with Crippen LogP contribution >= 0.6 is 0 Å². The Kier molecular flexibility index (Phi) is 6.18. The molecule has 0 aliphatic carbocycles. The molecular weight excluding hydrogens is 384 g/mol. The molecule has 2 amide bonds. The van der Waals surface area contributed by atoms with Gasteiger partial charge in [-0.2, -0.15) is 0 Å². The number of piperazine rings is 1. The van der Waals surface area contributed by atoms with Gasteiger partial charge in [-0.25, -0.2) is 4.79 Å². The third-order valence-corrected chi connectivity index (χ3v) is 5.54. The van der Waals surface area contributed by atoms with E-state index < -0.39 is 0 Å². The lowest BCUT2D eigenvalue weighted by atomic mass is 10.2. The monoisotopic (exact) mass is 412 g/mol. The molecule has 0 unspecified atom stereocenters. The summed E-state index contributed by atoms with van der Waals surface area (Å²) in [6.07, 6.45) is 0. The predicted molar refractivity (Wildman–Crippen MR) is 116 cm³/mol. The highest BCUT2D eigenvalue weighted by Crippen LogP contribution is 2.22. The second-order valence-corrected chi connectivity index (χ2v) is 7.43. The number of carbonyl (C=O) groups is 1. The maximum atomic E-state index is 12.7. The quantitative estimate of drug-likeness (QED) is 0.822. The van der Waals surface area contributed by atoms with Crippen molar-refractivity contribution < 1.29 is 14.3 Å². The van der Waals surface area contributed by atoms with E-state index in [1.165, 1.54) is 0 Å². The van der Waals surface area contributed by atoms with E-state index >= 15 is 0 Å². The average molecular weight is 412 g/mol. The van der Waals surface area contributed by atoms with Crippen molar-refractivity contribution >= 4 is 23.4 Å². The van der Waals surface area contributed by atoms with Crippen LogP contribution in [-0.4, -0.2) is 80.7 Å². The number of morpholine rings is 1. The Morgan fingerprint density at radius 1 is 0.967 bits per heavy atom. The van der Waals surface area contributed by atoms with E-state index in [0.29, 0.717) is 13.1 Å². The summed E-state index contributed by atoms with van der Waals surface area (Å²) in [5.41, 5.74) is 1.77. The highest BCUT2D eigenvalue weighted by Gasteiger charge is 2.23. The molecule has 1 aromatic heterocycles. The number of methoxy groups -OCH3 is 1. The van der Waals surface area contributed by atoms with Gasteiger partial charge in [-0.15, -0.1) is 10.2 Å². The number of amides is 2. The predicted octanol–water partition coefficient (Wildman–Crippen LogP) is 1.98. The van der Waals surface area contributed by atoms with E-state index in [4.69, 9.17) is 9.47 Å². The highest BCUT2D eigenvalue weighted by molar-refractivity contribution is 5.90. The minimum absolute atomic E-state index is 0.0864. The Labute approximate surface area is 176 Å². The molecule has 1 N–H and O–H groups in total. The molecule has 2 aliphatic heterocycles. The van der Waals surface area contributed by atoms with Gasteiger partial charge in [0.15, 0.2) is 11.6 Å². The van der Waals surface area contributed by atoms with Crippen LogP contribution in [0.25, 0.3) is 0 Å². The maximum Gasteiger partial charge on any atom is 0.321 e. The number of benzene rings is 1. The molecule has 0 spiro atoms. The van der Waals surface area contributed by atoms with Crippen molar-refractivity contribution in [1.82, 2.24) is 15.1 Å². The van der Waals surface area contributed by atoms with E-state index in [1.54, 1.807) is 7.11 Å². The van der Waals surface area contributed by atoms with E-state index in [2.05, 4.69) is 25.3 Å². The fraction of sp³-hybridized carbons (Fsp3) is 0.476. The molecule has 2 saturated heterocycles. The van der Waals surface area contributed by atoms with E-state index in [1.807, 2.05) is 42.2 Å². The van der Waals surface area contributed by atoms with E-state index in [9.17, 15) is 4.79 Å². The first kappa shape index (κ1) is 20.2. The normalized spacial score (nSPS) is 17.1. The number of hydrogen-bond acceptors (Lipinski definition) is 7. The molecule has 2 aromatic rings. The minimum atomic E-state index is -0.0864. The second-order valence-electron chi connectivity index (χ2n) is 7.43. The van der Waals surface area contributed by atoms with Crippen molar-refractivity contribution in [3.8, 4) is 5.75 Å². The van der Waals surface area contributed by atoms with Gasteiger partial charge in [-0.3, -0.25) is 0 Å². The Balaban J connectivity index is 1.30. The van der Waals surface area contributed by atoms with Gasteiger partial charge in [0.1, 0.15) is 5.75 Å². The molecule has 0 atom stereocenters.